The van der Waals surface area contributed by atoms with Crippen molar-refractivity contribution in [1.29, 1.82) is 0 Å². The van der Waals surface area contributed by atoms with Crippen LogP contribution in [0.15, 0.2) is 94.1 Å². The van der Waals surface area contributed by atoms with Gasteiger partial charge in [0.15, 0.2) is 5.75 Å². The van der Waals surface area contributed by atoms with Crippen molar-refractivity contribution in [3.05, 3.63) is 112 Å². The average Bonchev–Trinajstić information content (AvgIpc) is 4.16. The Balaban J connectivity index is 0.925. The zero-order valence-corrected chi connectivity index (χ0v) is 49.4. The number of ether oxygens (including phenoxy) is 3. The number of imidazole rings is 1. The maximum absolute atomic E-state index is 14.2. The van der Waals surface area contributed by atoms with Crippen LogP contribution in [0.1, 0.15) is 101 Å². The molecule has 0 aliphatic carbocycles. The molecule has 3 heterocycles. The normalized spacial score (nSPS) is 14.9. The summed E-state index contributed by atoms with van der Waals surface area (Å²) >= 11 is 1.56. The van der Waals surface area contributed by atoms with Gasteiger partial charge in [-0.25, -0.2) is 18.2 Å². The lowest BCUT2D eigenvalue weighted by Crippen LogP contribution is -2.57. The number of aliphatic hydroxyl groups excluding tert-OH is 1. The molecule has 0 bridgehead atoms. The van der Waals surface area contributed by atoms with Gasteiger partial charge in [-0.3, -0.25) is 33.0 Å². The summed E-state index contributed by atoms with van der Waals surface area (Å²) in [5.41, 5.74) is 4.68. The Morgan fingerprint density at radius 2 is 1.56 bits per heavy atom. The minimum absolute atomic E-state index is 0.0378. The monoisotopic (exact) mass is 1150 g/mol. The van der Waals surface area contributed by atoms with Gasteiger partial charge in [0.1, 0.15) is 29.3 Å². The lowest BCUT2D eigenvalue weighted by Gasteiger charge is -2.35. The van der Waals surface area contributed by atoms with Gasteiger partial charge in [0.05, 0.1) is 57.0 Å². The first kappa shape index (κ1) is 61.4. The van der Waals surface area contributed by atoms with Gasteiger partial charge >= 0.3 is 5.69 Å². The lowest BCUT2D eigenvalue weighted by molar-refractivity contribution is -0.144. The van der Waals surface area contributed by atoms with Gasteiger partial charge in [0, 0.05) is 76.4 Å². The molecule has 81 heavy (non-hydrogen) atoms. The molecule has 1 saturated heterocycles. The Morgan fingerprint density at radius 1 is 0.864 bits per heavy atom. The highest BCUT2D eigenvalue weighted by Gasteiger charge is 2.44. The van der Waals surface area contributed by atoms with Crippen LogP contribution in [0.25, 0.3) is 21.5 Å². The van der Waals surface area contributed by atoms with Crippen LogP contribution < -0.4 is 40.6 Å². The summed E-state index contributed by atoms with van der Waals surface area (Å²) in [6, 6.07) is 19.8. The third kappa shape index (κ3) is 16.2. The number of anilines is 1. The van der Waals surface area contributed by atoms with Gasteiger partial charge in [0.2, 0.25) is 17.7 Å². The third-order valence-corrected chi connectivity index (χ3v) is 16.3. The zero-order valence-electron chi connectivity index (χ0n) is 47.8. The number of fused-ring (bicyclic) bond motifs is 1. The highest BCUT2D eigenvalue weighted by atomic mass is 32.2. The SMILES string of the molecule is CCCOc1cc(OCCCCN(C)C)cc(Oc2cc3c(cc2NS(=O)(=O)c2cccc(C(=O)NCCCCCC(=O)NC(C(=O)N4C[C@H](O)C[C@H]4C(=O)NCc4ccc(-c5scnc5C)cc4)C(C)(C)C)c2)n(C)c(=O)n3C)c1. The molecule has 1 unspecified atom stereocenters. The summed E-state index contributed by atoms with van der Waals surface area (Å²) < 4.78 is 52.4. The fourth-order valence-electron chi connectivity index (χ4n) is 9.44. The number of sulfonamides is 1. The van der Waals surface area contributed by atoms with Crippen LogP contribution in [-0.2, 0) is 45.0 Å². The zero-order chi connectivity index (χ0) is 58.6. The Bertz CT molecular complexity index is 3350. The number of benzene rings is 4. The predicted octanol–water partition coefficient (Wildman–Crippen LogP) is 7.51. The number of aliphatic hydroxyl groups is 1. The number of aryl methyl sites for hydroxylation is 3. The van der Waals surface area contributed by atoms with E-state index in [1.165, 1.54) is 44.4 Å². The van der Waals surface area contributed by atoms with E-state index < -0.39 is 51.3 Å². The molecule has 5 N–H and O–H groups in total. The molecule has 0 spiro atoms. The second-order valence-corrected chi connectivity index (χ2v) is 24.4. The number of thiazole rings is 1. The predicted molar refractivity (Wildman–Crippen MR) is 313 cm³/mol. The maximum Gasteiger partial charge on any atom is 0.328 e. The third-order valence-electron chi connectivity index (χ3n) is 13.9. The Labute approximate surface area is 478 Å². The molecule has 22 heteroatoms. The number of rotatable bonds is 27. The van der Waals surface area contributed by atoms with Gasteiger partial charge in [-0.15, -0.1) is 11.3 Å². The number of carbonyl (C=O) groups is 4. The van der Waals surface area contributed by atoms with Crippen molar-refractivity contribution < 1.29 is 46.9 Å². The molecule has 20 nitrogen and oxygen atoms in total. The largest absolute Gasteiger partial charge is 0.493 e. The summed E-state index contributed by atoms with van der Waals surface area (Å²) in [6.07, 6.45) is 3.30. The van der Waals surface area contributed by atoms with Gasteiger partial charge < -0.3 is 45.1 Å². The molecule has 1 aliphatic rings. The molecule has 0 saturated carbocycles. The summed E-state index contributed by atoms with van der Waals surface area (Å²) in [5.74, 6) is -0.283. The van der Waals surface area contributed by atoms with E-state index in [-0.39, 0.29) is 66.0 Å². The van der Waals surface area contributed by atoms with E-state index in [1.54, 1.807) is 55.2 Å². The maximum atomic E-state index is 14.2. The topological polar surface area (TPSA) is 245 Å². The van der Waals surface area contributed by atoms with Gasteiger partial charge in [0.25, 0.3) is 15.9 Å². The number of β-amino-alcohol motifs (C(OH)–C–C–N with tert-alkyl or cyclic N) is 1. The van der Waals surface area contributed by atoms with Crippen LogP contribution in [0.3, 0.4) is 0 Å². The van der Waals surface area contributed by atoms with Crippen LogP contribution in [0.2, 0.25) is 0 Å². The average molecular weight is 1150 g/mol. The molecule has 2 aromatic heterocycles. The Kier molecular flexibility index (Phi) is 20.8. The minimum Gasteiger partial charge on any atom is -0.493 e. The molecule has 1 aliphatic heterocycles. The van der Waals surface area contributed by atoms with Crippen molar-refractivity contribution in [2.24, 2.45) is 19.5 Å². The second kappa shape index (κ2) is 27.5. The van der Waals surface area contributed by atoms with Crippen molar-refractivity contribution in [2.45, 2.75) is 116 Å². The number of nitrogens with one attached hydrogen (secondary N) is 4. The molecule has 3 atom stereocenters. The summed E-state index contributed by atoms with van der Waals surface area (Å²) in [5, 5.41) is 19.3. The number of amides is 4. The molecular weight excluding hydrogens is 1070 g/mol. The molecule has 0 radical (unpaired) electrons. The van der Waals surface area contributed by atoms with Crippen molar-refractivity contribution >= 4 is 61.7 Å². The minimum atomic E-state index is -4.37. The standard InChI is InChI=1S/C59H77N9O11S2/c1-10-26-77-43-30-44(78-27-15-14-25-65(6)7)32-45(31-43)79-51-34-49-48(66(8)58(74)67(49)9)33-47(51)64-81(75,76)46-18-16-17-41(28-46)55(71)60-24-13-11-12-19-52(70)63-54(59(3,4)5)57(73)68-36-42(69)29-50(68)56(72)61-35-39-20-22-40(23-21-39)53-38(2)62-37-80-53/h16-18,20-23,28,30-34,37,42,50,54,64,69H,10-15,19,24-27,29,35-36H2,1-9H3,(H,60,71)(H,61,72)(H,63,70)/t42-,50+,54?/m1/s1. The Morgan fingerprint density at radius 3 is 2.22 bits per heavy atom. The van der Waals surface area contributed by atoms with Crippen LogP contribution in [0, 0.1) is 12.3 Å². The number of nitrogens with zero attached hydrogens (tertiary/aromatic N) is 5. The molecule has 436 valence electrons. The quantitative estimate of drug-likeness (QED) is 0.0314. The number of unbranched alkanes of at least 4 members (excludes halogenated alkanes) is 3. The number of hydrogen-bond donors (Lipinski definition) is 5. The first-order valence-corrected chi connectivity index (χ1v) is 29.8. The van der Waals surface area contributed by atoms with Crippen LogP contribution in [0.5, 0.6) is 23.0 Å². The number of hydrogen-bond acceptors (Lipinski definition) is 14. The molecular formula is C59H77N9O11S2. The van der Waals surface area contributed by atoms with Gasteiger partial charge in [-0.1, -0.05) is 64.4 Å². The first-order valence-electron chi connectivity index (χ1n) is 27.4. The Hall–Kier alpha value is -7.27. The number of aromatic nitrogens is 3. The molecule has 6 aromatic rings. The fraction of sp³-hybridized carbons (Fsp3) is 0.458. The second-order valence-electron chi connectivity index (χ2n) is 21.8. The number of likely N-dealkylation sites (tertiary alicyclic amines) is 1. The van der Waals surface area contributed by atoms with Gasteiger partial charge in [-0.2, -0.15) is 0 Å². The first-order chi connectivity index (χ1) is 38.5. The molecule has 4 amide bonds. The van der Waals surface area contributed by atoms with E-state index in [4.69, 9.17) is 14.2 Å². The molecule has 7 rings (SSSR count). The van der Waals surface area contributed by atoms with Crippen LogP contribution in [-0.4, -0.2) is 126 Å². The number of carbonyl (C=O) groups excluding carboxylic acids is 4. The lowest BCUT2D eigenvalue weighted by atomic mass is 9.85. The molecule has 4 aromatic carbocycles. The van der Waals surface area contributed by atoms with E-state index >= 15 is 0 Å². The summed E-state index contributed by atoms with van der Waals surface area (Å²) in [4.78, 5) is 76.2. The van der Waals surface area contributed by atoms with E-state index in [0.29, 0.717) is 60.8 Å². The fourth-order valence-corrected chi connectivity index (χ4v) is 11.4. The van der Waals surface area contributed by atoms with Crippen molar-refractivity contribution in [2.75, 3.05) is 51.7 Å². The van der Waals surface area contributed by atoms with Crippen LogP contribution >= 0.6 is 11.3 Å². The van der Waals surface area contributed by atoms with Crippen molar-refractivity contribution in [1.82, 2.24) is 39.9 Å². The van der Waals surface area contributed by atoms with E-state index in [0.717, 1.165) is 47.5 Å². The van der Waals surface area contributed by atoms with Crippen molar-refractivity contribution in [3.63, 3.8) is 0 Å². The van der Waals surface area contributed by atoms with Crippen LogP contribution in [0.4, 0.5) is 5.69 Å². The smallest absolute Gasteiger partial charge is 0.328 e. The molecule has 1 fully saturated rings. The van der Waals surface area contributed by atoms with E-state index in [9.17, 15) is 37.5 Å². The summed E-state index contributed by atoms with van der Waals surface area (Å²) in [6.45, 7) is 11.7. The summed E-state index contributed by atoms with van der Waals surface area (Å²) in [7, 11) is 2.86. The van der Waals surface area contributed by atoms with Crippen molar-refractivity contribution in [3.8, 4) is 33.4 Å². The van der Waals surface area contributed by atoms with E-state index in [1.807, 2.05) is 73.0 Å². The van der Waals surface area contributed by atoms with Gasteiger partial charge in [-0.05, 0) is 100 Å². The highest BCUT2D eigenvalue weighted by molar-refractivity contribution is 7.92. The highest BCUT2D eigenvalue weighted by Crippen LogP contribution is 2.38. The van der Waals surface area contributed by atoms with E-state index in [2.05, 4.69) is 30.6 Å².